The predicted octanol–water partition coefficient (Wildman–Crippen LogP) is 3.60. The van der Waals surface area contributed by atoms with Crippen molar-refractivity contribution in [3.8, 4) is 0 Å². The van der Waals surface area contributed by atoms with Gasteiger partial charge in [0.2, 0.25) is 17.8 Å². The minimum absolute atomic E-state index is 0.00676. The van der Waals surface area contributed by atoms with Gasteiger partial charge in [0.1, 0.15) is 5.52 Å². The second-order valence-corrected chi connectivity index (χ2v) is 8.42. The number of pyridine rings is 1. The molecule has 8 heteroatoms. The molecule has 2 atom stereocenters. The molecule has 0 spiro atoms. The monoisotopic (exact) mass is 424 g/mol. The van der Waals surface area contributed by atoms with Crippen molar-refractivity contribution in [2.45, 2.75) is 71.9 Å². The Morgan fingerprint density at radius 2 is 2.06 bits per heavy atom. The topological polar surface area (TPSA) is 109 Å². The fourth-order valence-electron chi connectivity index (χ4n) is 3.91. The molecule has 1 aliphatic rings. The number of nitrogens with zero attached hydrogens (tertiary/aromatic N) is 3. The molecule has 2 aromatic rings. The second kappa shape index (κ2) is 10.3. The number of aromatic nitrogens is 3. The Balaban J connectivity index is 1.70. The molecule has 0 radical (unpaired) electrons. The standard InChI is InChI=1S/C23H32N6O2/c1-5-18-12-17-13-24-23(29-21(17)22(27-18)25-14(2)3)28-20(31)10-9-16-7-6-8-19(11-16)26-15(4)30/h9-10,12-14,16,19H,5-8,11H2,1-4H3,(H,25,27)(H,26,30)(H,24,28,29,31)/b10-9-/t16?,19-/m1/s1. The van der Waals surface area contributed by atoms with E-state index < -0.39 is 0 Å². The summed E-state index contributed by atoms with van der Waals surface area (Å²) < 4.78 is 0. The van der Waals surface area contributed by atoms with Gasteiger partial charge in [0.05, 0.1) is 0 Å². The molecule has 0 bridgehead atoms. The molecular formula is C23H32N6O2. The molecule has 2 aromatic heterocycles. The SMILES string of the molecule is CCc1cc2cnc(NC(=O)/C=C\C3CCC[C@@H](NC(C)=O)C3)nc2c(NC(C)C)n1. The lowest BCUT2D eigenvalue weighted by Crippen LogP contribution is -2.36. The minimum Gasteiger partial charge on any atom is -0.366 e. The van der Waals surface area contributed by atoms with E-state index >= 15 is 0 Å². The zero-order valence-electron chi connectivity index (χ0n) is 18.7. The molecule has 8 nitrogen and oxygen atoms in total. The fourth-order valence-corrected chi connectivity index (χ4v) is 3.91. The van der Waals surface area contributed by atoms with Crippen LogP contribution in [0.15, 0.2) is 24.4 Å². The maximum absolute atomic E-state index is 12.4. The highest BCUT2D eigenvalue weighted by atomic mass is 16.2. The second-order valence-electron chi connectivity index (χ2n) is 8.42. The average Bonchev–Trinajstić information content (AvgIpc) is 2.72. The smallest absolute Gasteiger partial charge is 0.250 e. The summed E-state index contributed by atoms with van der Waals surface area (Å²) in [4.78, 5) is 37.2. The number of rotatable bonds is 7. The highest BCUT2D eigenvalue weighted by molar-refractivity contribution is 5.99. The molecule has 1 aliphatic carbocycles. The van der Waals surface area contributed by atoms with Crippen LogP contribution in [0.5, 0.6) is 0 Å². The molecule has 1 fully saturated rings. The third-order valence-electron chi connectivity index (χ3n) is 5.28. The van der Waals surface area contributed by atoms with Gasteiger partial charge in [-0.25, -0.2) is 15.0 Å². The number of anilines is 2. The maximum atomic E-state index is 12.4. The summed E-state index contributed by atoms with van der Waals surface area (Å²) in [5, 5.41) is 9.95. The first-order valence-electron chi connectivity index (χ1n) is 11.0. The van der Waals surface area contributed by atoms with Gasteiger partial charge in [0.25, 0.3) is 0 Å². The van der Waals surface area contributed by atoms with E-state index in [9.17, 15) is 9.59 Å². The van der Waals surface area contributed by atoms with Gasteiger partial charge in [-0.1, -0.05) is 19.4 Å². The molecule has 0 aromatic carbocycles. The summed E-state index contributed by atoms with van der Waals surface area (Å²) in [5.41, 5.74) is 1.65. The summed E-state index contributed by atoms with van der Waals surface area (Å²) in [6, 6.07) is 2.36. The molecular weight excluding hydrogens is 392 g/mol. The van der Waals surface area contributed by atoms with Crippen LogP contribution in [0.4, 0.5) is 11.8 Å². The highest BCUT2D eigenvalue weighted by Crippen LogP contribution is 2.26. The number of carbonyl (C=O) groups excluding carboxylic acids is 2. The third kappa shape index (κ3) is 6.47. The van der Waals surface area contributed by atoms with Gasteiger partial charge < -0.3 is 10.6 Å². The predicted molar refractivity (Wildman–Crippen MR) is 123 cm³/mol. The number of hydrogen-bond donors (Lipinski definition) is 3. The molecule has 2 amide bonds. The summed E-state index contributed by atoms with van der Waals surface area (Å²) in [7, 11) is 0. The lowest BCUT2D eigenvalue weighted by atomic mass is 9.85. The molecule has 3 rings (SSSR count). The van der Waals surface area contributed by atoms with Crippen molar-refractivity contribution in [3.63, 3.8) is 0 Å². The highest BCUT2D eigenvalue weighted by Gasteiger charge is 2.21. The molecule has 0 saturated heterocycles. The van der Waals surface area contributed by atoms with Crippen molar-refractivity contribution in [2.24, 2.45) is 5.92 Å². The Morgan fingerprint density at radius 1 is 1.26 bits per heavy atom. The first kappa shape index (κ1) is 22.7. The number of hydrogen-bond acceptors (Lipinski definition) is 6. The van der Waals surface area contributed by atoms with Gasteiger partial charge in [0, 0.05) is 36.3 Å². The number of amides is 2. The van der Waals surface area contributed by atoms with Crippen LogP contribution in [-0.2, 0) is 16.0 Å². The Bertz CT molecular complexity index is 972. The molecule has 1 saturated carbocycles. The molecule has 31 heavy (non-hydrogen) atoms. The first-order valence-corrected chi connectivity index (χ1v) is 11.0. The Labute approximate surface area is 183 Å². The zero-order valence-corrected chi connectivity index (χ0v) is 18.7. The fraction of sp³-hybridized carbons (Fsp3) is 0.522. The van der Waals surface area contributed by atoms with Crippen molar-refractivity contribution in [3.05, 3.63) is 30.1 Å². The molecule has 0 aliphatic heterocycles. The van der Waals surface area contributed by atoms with Crippen molar-refractivity contribution in [1.82, 2.24) is 20.3 Å². The normalized spacial score (nSPS) is 19.0. The number of nitrogens with one attached hydrogen (secondary N) is 3. The van der Waals surface area contributed by atoms with Gasteiger partial charge in [0.15, 0.2) is 5.82 Å². The van der Waals surface area contributed by atoms with Gasteiger partial charge in [-0.05, 0) is 57.6 Å². The van der Waals surface area contributed by atoms with Crippen LogP contribution in [0.1, 0.15) is 59.1 Å². The number of aryl methyl sites for hydroxylation is 1. The quantitative estimate of drug-likeness (QED) is 0.586. The van der Waals surface area contributed by atoms with Crippen molar-refractivity contribution >= 4 is 34.5 Å². The molecule has 1 unspecified atom stereocenters. The Morgan fingerprint density at radius 3 is 2.77 bits per heavy atom. The van der Waals surface area contributed by atoms with E-state index in [0.29, 0.717) is 11.3 Å². The van der Waals surface area contributed by atoms with Crippen molar-refractivity contribution < 1.29 is 9.59 Å². The van der Waals surface area contributed by atoms with Gasteiger partial charge in [-0.15, -0.1) is 0 Å². The molecule has 3 N–H and O–H groups in total. The number of allylic oxidation sites excluding steroid dienone is 1. The van der Waals surface area contributed by atoms with Crippen LogP contribution in [0.25, 0.3) is 10.9 Å². The van der Waals surface area contributed by atoms with E-state index in [4.69, 9.17) is 0 Å². The van der Waals surface area contributed by atoms with E-state index in [1.165, 1.54) is 6.92 Å². The first-order chi connectivity index (χ1) is 14.8. The van der Waals surface area contributed by atoms with Crippen LogP contribution in [0, 0.1) is 5.92 Å². The van der Waals surface area contributed by atoms with E-state index in [-0.39, 0.29) is 35.8 Å². The van der Waals surface area contributed by atoms with E-state index in [1.807, 2.05) is 26.0 Å². The Hall–Kier alpha value is -3.03. The van der Waals surface area contributed by atoms with E-state index in [0.717, 1.165) is 43.2 Å². The van der Waals surface area contributed by atoms with Gasteiger partial charge in [-0.2, -0.15) is 0 Å². The maximum Gasteiger partial charge on any atom is 0.250 e. The van der Waals surface area contributed by atoms with E-state index in [2.05, 4.69) is 37.8 Å². The van der Waals surface area contributed by atoms with Crippen LogP contribution in [0.3, 0.4) is 0 Å². The zero-order chi connectivity index (χ0) is 22.4. The summed E-state index contributed by atoms with van der Waals surface area (Å²) in [5.74, 6) is 0.946. The van der Waals surface area contributed by atoms with Crippen LogP contribution < -0.4 is 16.0 Å². The van der Waals surface area contributed by atoms with Gasteiger partial charge >= 0.3 is 0 Å². The third-order valence-corrected chi connectivity index (χ3v) is 5.28. The lowest BCUT2D eigenvalue weighted by Gasteiger charge is -2.27. The largest absolute Gasteiger partial charge is 0.366 e. The summed E-state index contributed by atoms with van der Waals surface area (Å²) in [6.45, 7) is 7.68. The lowest BCUT2D eigenvalue weighted by molar-refractivity contribution is -0.120. The average molecular weight is 425 g/mol. The van der Waals surface area contributed by atoms with Crippen LogP contribution in [0.2, 0.25) is 0 Å². The Kier molecular flexibility index (Phi) is 7.55. The van der Waals surface area contributed by atoms with Crippen LogP contribution >= 0.6 is 0 Å². The summed E-state index contributed by atoms with van der Waals surface area (Å²) >= 11 is 0. The number of fused-ring (bicyclic) bond motifs is 1. The summed E-state index contributed by atoms with van der Waals surface area (Å²) in [6.07, 6.45) is 9.89. The van der Waals surface area contributed by atoms with Gasteiger partial charge in [-0.3, -0.25) is 14.9 Å². The number of carbonyl (C=O) groups is 2. The van der Waals surface area contributed by atoms with E-state index in [1.54, 1.807) is 12.3 Å². The minimum atomic E-state index is -0.266. The molecule has 166 valence electrons. The van der Waals surface area contributed by atoms with Crippen molar-refractivity contribution in [1.29, 1.82) is 0 Å². The van der Waals surface area contributed by atoms with Crippen LogP contribution in [-0.4, -0.2) is 38.8 Å². The van der Waals surface area contributed by atoms with Crippen molar-refractivity contribution in [2.75, 3.05) is 10.6 Å². The molecule has 2 heterocycles.